The quantitative estimate of drug-likeness (QED) is 0.0291. The standard InChI is InChI=1S/C57H69N5O9S/c1-5-48(40-14-8-6-9-15-40)52(41-21-25-45(63)26-22-41)42-23-27-46(28-24-42)70-31-30-61(4)51(64)37-69-33-32-68-34-35-71-47-19-12-18-44(36-47)54(65)49-38-72-56(59-49)50-20-13-29-62(50)57(67)53(43-16-10-7-11-17-43)60-55(66)39(2)58-3/h6,8-9,12,14-15,18-19,21-28,36,38-39,43,50,53,58,63H,5,7,10-11,13,16-17,20,29-35,37H2,1-4H3,(H,60,66)/b52-48-/t39-,50-,53-/m0/s1. The molecule has 0 radical (unpaired) electrons. The van der Waals surface area contributed by atoms with Gasteiger partial charge in [0, 0.05) is 24.5 Å². The number of benzene rings is 4. The molecule has 15 heteroatoms. The van der Waals surface area contributed by atoms with Crippen molar-refractivity contribution >= 4 is 46.0 Å². The summed E-state index contributed by atoms with van der Waals surface area (Å²) in [6.45, 7) is 6.14. The fourth-order valence-corrected chi connectivity index (χ4v) is 10.2. The number of ketones is 1. The number of rotatable bonds is 25. The third-order valence-electron chi connectivity index (χ3n) is 13.5. The molecule has 0 spiro atoms. The van der Waals surface area contributed by atoms with Crippen LogP contribution >= 0.6 is 11.3 Å². The Bertz CT molecular complexity index is 2580. The second-order valence-corrected chi connectivity index (χ2v) is 19.2. The van der Waals surface area contributed by atoms with Crippen LogP contribution in [0.1, 0.15) is 109 Å². The lowest BCUT2D eigenvalue weighted by molar-refractivity contribution is -0.139. The molecule has 3 N–H and O–H groups in total. The first-order valence-electron chi connectivity index (χ1n) is 25.3. The average Bonchev–Trinajstić information content (AvgIpc) is 4.12. The number of hydrogen-bond acceptors (Lipinski definition) is 12. The molecule has 2 fully saturated rings. The lowest BCUT2D eigenvalue weighted by atomic mass is 9.83. The Kier molecular flexibility index (Phi) is 19.9. The molecule has 1 aromatic heterocycles. The average molecular weight is 1000 g/mol. The van der Waals surface area contributed by atoms with Crippen molar-refractivity contribution in [2.45, 2.75) is 83.3 Å². The number of likely N-dealkylation sites (N-methyl/N-ethyl adjacent to an activating group) is 2. The molecule has 5 aromatic rings. The second kappa shape index (κ2) is 26.9. The van der Waals surface area contributed by atoms with Gasteiger partial charge in [0.15, 0.2) is 0 Å². The number of allylic oxidation sites excluding steroid dienone is 1. The van der Waals surface area contributed by atoms with Gasteiger partial charge in [0.25, 0.3) is 0 Å². The number of amides is 3. The Balaban J connectivity index is 0.803. The van der Waals surface area contributed by atoms with E-state index in [-0.39, 0.29) is 74.2 Å². The number of aromatic hydroxyl groups is 1. The van der Waals surface area contributed by atoms with E-state index in [0.717, 1.165) is 78.6 Å². The highest BCUT2D eigenvalue weighted by Gasteiger charge is 2.40. The van der Waals surface area contributed by atoms with E-state index < -0.39 is 12.1 Å². The van der Waals surface area contributed by atoms with Crippen molar-refractivity contribution in [3.8, 4) is 17.2 Å². The molecule has 1 aliphatic carbocycles. The van der Waals surface area contributed by atoms with Crippen LogP contribution in [0.2, 0.25) is 0 Å². The highest BCUT2D eigenvalue weighted by atomic mass is 32.1. The van der Waals surface area contributed by atoms with Crippen molar-refractivity contribution in [3.63, 3.8) is 0 Å². The Morgan fingerprint density at radius 3 is 2.18 bits per heavy atom. The van der Waals surface area contributed by atoms with E-state index in [1.54, 1.807) is 67.7 Å². The van der Waals surface area contributed by atoms with E-state index in [2.05, 4.69) is 29.7 Å². The van der Waals surface area contributed by atoms with E-state index in [9.17, 15) is 24.3 Å². The predicted octanol–water partition coefficient (Wildman–Crippen LogP) is 8.73. The topological polar surface area (TPSA) is 169 Å². The van der Waals surface area contributed by atoms with Crippen LogP contribution < -0.4 is 20.1 Å². The number of phenols is 1. The van der Waals surface area contributed by atoms with Gasteiger partial charge in [-0.1, -0.05) is 92.9 Å². The number of thiazole rings is 1. The molecule has 0 unspecified atom stereocenters. The van der Waals surface area contributed by atoms with E-state index in [0.29, 0.717) is 42.5 Å². The summed E-state index contributed by atoms with van der Waals surface area (Å²) in [6, 6.07) is 31.2. The minimum atomic E-state index is -0.589. The van der Waals surface area contributed by atoms with Crippen LogP contribution in [-0.2, 0) is 23.9 Å². The van der Waals surface area contributed by atoms with E-state index in [4.69, 9.17) is 23.9 Å². The molecule has 1 aliphatic heterocycles. The highest BCUT2D eigenvalue weighted by Crippen LogP contribution is 2.38. The summed E-state index contributed by atoms with van der Waals surface area (Å²) in [5, 5.41) is 18.5. The zero-order valence-electron chi connectivity index (χ0n) is 42.0. The largest absolute Gasteiger partial charge is 0.508 e. The Morgan fingerprint density at radius 1 is 0.778 bits per heavy atom. The third kappa shape index (κ3) is 14.4. The van der Waals surface area contributed by atoms with E-state index >= 15 is 0 Å². The number of carbonyl (C=O) groups excluding carboxylic acids is 4. The van der Waals surface area contributed by atoms with Crippen LogP contribution in [0.5, 0.6) is 17.2 Å². The molecule has 72 heavy (non-hydrogen) atoms. The Morgan fingerprint density at radius 2 is 1.46 bits per heavy atom. The normalized spacial score (nSPS) is 16.1. The van der Waals surface area contributed by atoms with Gasteiger partial charge in [0.1, 0.15) is 53.8 Å². The summed E-state index contributed by atoms with van der Waals surface area (Å²) < 4.78 is 23.2. The second-order valence-electron chi connectivity index (χ2n) is 18.3. The first-order valence-corrected chi connectivity index (χ1v) is 26.1. The molecule has 0 bridgehead atoms. The van der Waals surface area contributed by atoms with Gasteiger partial charge >= 0.3 is 0 Å². The molecular weight excluding hydrogens is 931 g/mol. The lowest BCUT2D eigenvalue weighted by Crippen LogP contribution is -2.55. The molecule has 2 aliphatic rings. The summed E-state index contributed by atoms with van der Waals surface area (Å²) in [7, 11) is 3.45. The summed E-state index contributed by atoms with van der Waals surface area (Å²) in [6.07, 6.45) is 7.44. The molecule has 14 nitrogen and oxygen atoms in total. The van der Waals surface area contributed by atoms with Crippen molar-refractivity contribution in [3.05, 3.63) is 141 Å². The van der Waals surface area contributed by atoms with Gasteiger partial charge in [-0.2, -0.15) is 0 Å². The van der Waals surface area contributed by atoms with E-state index in [1.165, 1.54) is 16.9 Å². The molecule has 1 saturated heterocycles. The summed E-state index contributed by atoms with van der Waals surface area (Å²) in [5.74, 6) is 0.857. The molecule has 4 aromatic carbocycles. The number of nitrogens with zero attached hydrogens (tertiary/aromatic N) is 3. The van der Waals surface area contributed by atoms with Crippen molar-refractivity contribution in [2.75, 3.05) is 66.8 Å². The smallest absolute Gasteiger partial charge is 0.248 e. The van der Waals surface area contributed by atoms with Crippen molar-refractivity contribution in [1.82, 2.24) is 25.4 Å². The maximum absolute atomic E-state index is 14.2. The molecule has 1 saturated carbocycles. The number of phenolic OH excluding ortho intramolecular Hbond substituents is 1. The van der Waals surface area contributed by atoms with Crippen LogP contribution in [0, 0.1) is 5.92 Å². The van der Waals surface area contributed by atoms with Crippen LogP contribution in [0.4, 0.5) is 0 Å². The highest BCUT2D eigenvalue weighted by molar-refractivity contribution is 7.10. The van der Waals surface area contributed by atoms with Crippen molar-refractivity contribution in [1.29, 1.82) is 0 Å². The number of nitrogens with one attached hydrogen (secondary N) is 2. The minimum Gasteiger partial charge on any atom is -0.508 e. The number of ether oxygens (including phenoxy) is 4. The minimum absolute atomic E-state index is 0.0669. The predicted molar refractivity (Wildman–Crippen MR) is 280 cm³/mol. The Hall–Kier alpha value is -6.39. The van der Waals surface area contributed by atoms with Crippen LogP contribution in [0.3, 0.4) is 0 Å². The molecule has 7 rings (SSSR count). The zero-order valence-corrected chi connectivity index (χ0v) is 42.8. The molecule has 3 atom stereocenters. The molecule has 382 valence electrons. The van der Waals surface area contributed by atoms with Gasteiger partial charge in [-0.3, -0.25) is 19.2 Å². The number of carbonyl (C=O) groups is 4. The first-order chi connectivity index (χ1) is 35.0. The van der Waals surface area contributed by atoms with Gasteiger partial charge in [0.05, 0.1) is 38.4 Å². The van der Waals surface area contributed by atoms with Crippen LogP contribution in [0.25, 0.3) is 11.1 Å². The number of likely N-dealkylation sites (tertiary alicyclic amines) is 1. The first kappa shape index (κ1) is 53.4. The molecule has 2 heterocycles. The summed E-state index contributed by atoms with van der Waals surface area (Å²) in [5.41, 5.74) is 6.22. The Labute approximate surface area is 427 Å². The summed E-state index contributed by atoms with van der Waals surface area (Å²) >= 11 is 1.38. The number of hydrogen-bond donors (Lipinski definition) is 3. The zero-order chi connectivity index (χ0) is 50.8. The summed E-state index contributed by atoms with van der Waals surface area (Å²) in [4.78, 5) is 61.8. The third-order valence-corrected chi connectivity index (χ3v) is 14.4. The van der Waals surface area contributed by atoms with Gasteiger partial charge in [0.2, 0.25) is 23.5 Å². The fraction of sp³-hybridized carbons (Fsp3) is 0.421. The maximum Gasteiger partial charge on any atom is 0.248 e. The van der Waals surface area contributed by atoms with Gasteiger partial charge in [-0.15, -0.1) is 11.3 Å². The van der Waals surface area contributed by atoms with E-state index in [1.807, 2.05) is 59.5 Å². The van der Waals surface area contributed by atoms with Gasteiger partial charge in [-0.05, 0) is 116 Å². The fourth-order valence-electron chi connectivity index (χ4n) is 9.30. The van der Waals surface area contributed by atoms with Crippen LogP contribution in [0.15, 0.2) is 109 Å². The SMILES string of the molecule is CC/C(=C(\c1ccc(O)cc1)c1ccc(OCCN(C)C(=O)COCCOCCOc2cccc(C(=O)c3csc([C@@H]4CCCN4C(=O)[C@@H](NC(=O)[C@H](C)NC)C4CCCCC4)n3)c2)cc1)c1ccccc1. The van der Waals surface area contributed by atoms with Gasteiger partial charge < -0.3 is 44.5 Å². The van der Waals surface area contributed by atoms with Crippen molar-refractivity contribution < 1.29 is 43.2 Å². The van der Waals surface area contributed by atoms with Crippen molar-refractivity contribution in [2.24, 2.45) is 5.92 Å². The lowest BCUT2D eigenvalue weighted by Gasteiger charge is -2.35. The monoisotopic (exact) mass is 999 g/mol. The maximum atomic E-state index is 14.2. The van der Waals surface area contributed by atoms with Crippen LogP contribution in [-0.4, -0.2) is 122 Å². The van der Waals surface area contributed by atoms with Gasteiger partial charge in [-0.25, -0.2) is 4.98 Å². The number of aromatic nitrogens is 1. The molecular formula is C57H69N5O9S. The molecule has 3 amide bonds.